The topological polar surface area (TPSA) is 63.2 Å². The summed E-state index contributed by atoms with van der Waals surface area (Å²) in [6, 6.07) is 0. The van der Waals surface area contributed by atoms with Gasteiger partial charge in [-0.05, 0) is 0 Å². The van der Waals surface area contributed by atoms with Gasteiger partial charge in [0.2, 0.25) is 10.0 Å². The Labute approximate surface area is 87.8 Å². The molecule has 78 valence electrons. The molecule has 0 aliphatic carbocycles. The number of hydrogen-bond acceptors (Lipinski definition) is 4. The van der Waals surface area contributed by atoms with Gasteiger partial charge in [-0.3, -0.25) is 9.29 Å². The summed E-state index contributed by atoms with van der Waals surface area (Å²) in [6.45, 7) is 0. The molecule has 7 heteroatoms. The maximum Gasteiger partial charge on any atom is 0.233 e. The van der Waals surface area contributed by atoms with Crippen LogP contribution in [0.15, 0.2) is 12.4 Å². The van der Waals surface area contributed by atoms with E-state index in [1.165, 1.54) is 19.4 Å². The van der Waals surface area contributed by atoms with E-state index in [1.54, 1.807) is 0 Å². The fourth-order valence-corrected chi connectivity index (χ4v) is 1.53. The van der Waals surface area contributed by atoms with E-state index < -0.39 is 10.0 Å². The minimum absolute atomic E-state index is 0.128. The molecule has 0 bridgehead atoms. The number of halogens is 1. The van der Waals surface area contributed by atoms with Crippen LogP contribution in [0.25, 0.3) is 0 Å². The van der Waals surface area contributed by atoms with E-state index in [2.05, 4.69) is 9.97 Å². The second-order valence-electron chi connectivity index (χ2n) is 2.69. The van der Waals surface area contributed by atoms with Crippen molar-refractivity contribution in [2.45, 2.75) is 5.88 Å². The molecule has 0 unspecified atom stereocenters. The molecule has 0 radical (unpaired) electrons. The third-order valence-corrected chi connectivity index (χ3v) is 3.10. The van der Waals surface area contributed by atoms with Gasteiger partial charge in [0.1, 0.15) is 0 Å². The highest BCUT2D eigenvalue weighted by Gasteiger charge is 2.16. The zero-order chi connectivity index (χ0) is 10.8. The maximum absolute atomic E-state index is 11.2. The summed E-state index contributed by atoms with van der Waals surface area (Å²) in [5.74, 6) is 0.397. The molecule has 0 saturated heterocycles. The Morgan fingerprint density at radius 1 is 1.43 bits per heavy atom. The Morgan fingerprint density at radius 3 is 2.50 bits per heavy atom. The number of sulfonamides is 1. The molecule has 14 heavy (non-hydrogen) atoms. The molecular weight excluding hydrogens is 226 g/mol. The summed E-state index contributed by atoms with van der Waals surface area (Å²) in [4.78, 5) is 7.85. The average molecular weight is 236 g/mol. The van der Waals surface area contributed by atoms with Crippen LogP contribution in [0.1, 0.15) is 5.69 Å². The highest BCUT2D eigenvalue weighted by molar-refractivity contribution is 7.92. The highest BCUT2D eigenvalue weighted by atomic mass is 35.5. The fourth-order valence-electron chi connectivity index (χ4n) is 0.874. The largest absolute Gasteiger partial charge is 0.256 e. The smallest absolute Gasteiger partial charge is 0.233 e. The van der Waals surface area contributed by atoms with Crippen LogP contribution in [0.5, 0.6) is 0 Å². The summed E-state index contributed by atoms with van der Waals surface area (Å²) < 4.78 is 23.5. The molecule has 0 saturated carbocycles. The van der Waals surface area contributed by atoms with E-state index in [9.17, 15) is 8.42 Å². The van der Waals surface area contributed by atoms with Crippen molar-refractivity contribution >= 4 is 27.4 Å². The number of rotatable bonds is 3. The Morgan fingerprint density at radius 2 is 2.00 bits per heavy atom. The normalized spacial score (nSPS) is 11.4. The summed E-state index contributed by atoms with van der Waals surface area (Å²) >= 11 is 5.60. The van der Waals surface area contributed by atoms with Crippen LogP contribution < -0.4 is 4.31 Å². The molecule has 0 fully saturated rings. The van der Waals surface area contributed by atoms with E-state index in [0.717, 1.165) is 10.6 Å². The maximum atomic E-state index is 11.2. The summed E-state index contributed by atoms with van der Waals surface area (Å²) in [5, 5.41) is 0. The van der Waals surface area contributed by atoms with Crippen molar-refractivity contribution in [1.82, 2.24) is 9.97 Å². The van der Waals surface area contributed by atoms with Gasteiger partial charge < -0.3 is 0 Å². The van der Waals surface area contributed by atoms with Crippen molar-refractivity contribution in [1.29, 1.82) is 0 Å². The SMILES string of the molecule is CN(c1nccnc1CCl)S(C)(=O)=O. The first-order valence-corrected chi connectivity index (χ1v) is 6.15. The lowest BCUT2D eigenvalue weighted by Crippen LogP contribution is -2.27. The van der Waals surface area contributed by atoms with Crippen LogP contribution >= 0.6 is 11.6 Å². The molecule has 0 aliphatic heterocycles. The van der Waals surface area contributed by atoms with Gasteiger partial charge in [0, 0.05) is 19.4 Å². The molecule has 1 heterocycles. The van der Waals surface area contributed by atoms with Gasteiger partial charge in [-0.1, -0.05) is 0 Å². The van der Waals surface area contributed by atoms with Gasteiger partial charge >= 0.3 is 0 Å². The number of nitrogens with zero attached hydrogens (tertiary/aromatic N) is 3. The molecule has 1 aromatic heterocycles. The predicted molar refractivity (Wildman–Crippen MR) is 54.8 cm³/mol. The summed E-state index contributed by atoms with van der Waals surface area (Å²) in [7, 11) is -1.90. The van der Waals surface area contributed by atoms with Gasteiger partial charge in [0.25, 0.3) is 0 Å². The van der Waals surface area contributed by atoms with Gasteiger partial charge in [-0.25, -0.2) is 13.4 Å². The first-order chi connectivity index (χ1) is 6.46. The Balaban J connectivity index is 3.19. The first kappa shape index (κ1) is 11.2. The lowest BCUT2D eigenvalue weighted by molar-refractivity contribution is 0.599. The van der Waals surface area contributed by atoms with Gasteiger partial charge in [-0.2, -0.15) is 0 Å². The number of hydrogen-bond donors (Lipinski definition) is 0. The van der Waals surface area contributed by atoms with E-state index in [4.69, 9.17) is 11.6 Å². The third kappa shape index (κ3) is 2.33. The monoisotopic (exact) mass is 235 g/mol. The Hall–Kier alpha value is -0.880. The van der Waals surface area contributed by atoms with Crippen molar-refractivity contribution in [3.05, 3.63) is 18.1 Å². The molecule has 0 aromatic carbocycles. The van der Waals surface area contributed by atoms with E-state index in [1.807, 2.05) is 0 Å². The van der Waals surface area contributed by atoms with Crippen LogP contribution in [0, 0.1) is 0 Å². The van der Waals surface area contributed by atoms with Crippen molar-refractivity contribution in [3.63, 3.8) is 0 Å². The lowest BCUT2D eigenvalue weighted by atomic mass is 10.4. The second kappa shape index (κ2) is 4.10. The second-order valence-corrected chi connectivity index (χ2v) is 4.97. The molecule has 0 amide bonds. The lowest BCUT2D eigenvalue weighted by Gasteiger charge is -2.16. The molecular formula is C7H10ClN3O2S. The zero-order valence-corrected chi connectivity index (χ0v) is 9.38. The third-order valence-electron chi connectivity index (χ3n) is 1.67. The molecule has 0 spiro atoms. The van der Waals surface area contributed by atoms with Crippen molar-refractivity contribution < 1.29 is 8.42 Å². The van der Waals surface area contributed by atoms with E-state index >= 15 is 0 Å². The van der Waals surface area contributed by atoms with Gasteiger partial charge in [0.05, 0.1) is 17.8 Å². The van der Waals surface area contributed by atoms with Gasteiger partial charge in [0.15, 0.2) is 5.82 Å². The minimum atomic E-state index is -3.32. The molecule has 5 nitrogen and oxygen atoms in total. The van der Waals surface area contributed by atoms with Crippen LogP contribution in [0.4, 0.5) is 5.82 Å². The molecule has 0 atom stereocenters. The van der Waals surface area contributed by atoms with Crippen molar-refractivity contribution in [2.75, 3.05) is 17.6 Å². The van der Waals surface area contributed by atoms with Crippen molar-refractivity contribution in [2.24, 2.45) is 0 Å². The first-order valence-electron chi connectivity index (χ1n) is 3.76. The van der Waals surface area contributed by atoms with Crippen LogP contribution in [-0.2, 0) is 15.9 Å². The minimum Gasteiger partial charge on any atom is -0.256 e. The van der Waals surface area contributed by atoms with Crippen molar-refractivity contribution in [3.8, 4) is 0 Å². The molecule has 0 N–H and O–H groups in total. The summed E-state index contributed by atoms with van der Waals surface area (Å²) in [5.41, 5.74) is 0.446. The summed E-state index contributed by atoms with van der Waals surface area (Å²) in [6.07, 6.45) is 3.99. The van der Waals surface area contributed by atoms with Crippen LogP contribution in [0.2, 0.25) is 0 Å². The number of alkyl halides is 1. The molecule has 1 aromatic rings. The van der Waals surface area contributed by atoms with Crippen LogP contribution in [0.3, 0.4) is 0 Å². The van der Waals surface area contributed by atoms with Crippen LogP contribution in [-0.4, -0.2) is 31.7 Å². The fraction of sp³-hybridized carbons (Fsp3) is 0.429. The zero-order valence-electron chi connectivity index (χ0n) is 7.81. The Bertz CT molecular complexity index is 421. The van der Waals surface area contributed by atoms with Gasteiger partial charge in [-0.15, -0.1) is 11.6 Å². The van der Waals surface area contributed by atoms with E-state index in [0.29, 0.717) is 5.69 Å². The molecule has 0 aliphatic rings. The predicted octanol–water partition coefficient (Wildman–Crippen LogP) is 0.611. The Kier molecular flexibility index (Phi) is 3.28. The number of aromatic nitrogens is 2. The van der Waals surface area contributed by atoms with E-state index in [-0.39, 0.29) is 11.7 Å². The standard InChI is InChI=1S/C7H10ClN3O2S/c1-11(14(2,12)13)7-6(5-8)9-3-4-10-7/h3-4H,5H2,1-2H3. The molecule has 1 rings (SSSR count). The quantitative estimate of drug-likeness (QED) is 0.721. The highest BCUT2D eigenvalue weighted by Crippen LogP contribution is 2.17. The number of anilines is 1. The average Bonchev–Trinajstić information content (AvgIpc) is 2.15.